The molecule has 2 unspecified atom stereocenters. The number of fused-ring (bicyclic) bond motifs is 4. The molecule has 0 aromatic carbocycles. The van der Waals surface area contributed by atoms with Crippen LogP contribution in [-0.2, 0) is 14.3 Å². The Morgan fingerprint density at radius 1 is 1.09 bits per heavy atom. The Kier molecular flexibility index (Phi) is 5.71. The fourth-order valence-electron chi connectivity index (χ4n) is 10.1. The molecule has 194 valence electrons. The summed E-state index contributed by atoms with van der Waals surface area (Å²) < 4.78 is 5.49. The summed E-state index contributed by atoms with van der Waals surface area (Å²) in [5.74, 6) is 3.36. The molecule has 9 atom stereocenters. The molecule has 4 saturated carbocycles. The van der Waals surface area contributed by atoms with Crippen LogP contribution in [0.5, 0.6) is 0 Å². The second-order valence-electron chi connectivity index (χ2n) is 13.6. The van der Waals surface area contributed by atoms with Crippen molar-refractivity contribution < 1.29 is 14.3 Å². The van der Waals surface area contributed by atoms with E-state index in [0.29, 0.717) is 10.8 Å². The van der Waals surface area contributed by atoms with Crippen LogP contribution in [0, 0.1) is 40.4 Å². The third kappa shape index (κ3) is 3.57. The number of carbonyl (C=O) groups excluding carboxylic acids is 2. The minimum atomic E-state index is -0.577. The van der Waals surface area contributed by atoms with Gasteiger partial charge >= 0.3 is 5.97 Å². The van der Waals surface area contributed by atoms with Gasteiger partial charge in [0, 0.05) is 38.5 Å². The molecule has 6 aliphatic rings. The number of esters is 1. The van der Waals surface area contributed by atoms with Gasteiger partial charge in [-0.15, -0.1) is 0 Å². The fraction of sp³-hybridized carbons (Fsp3) is 0.867. The van der Waals surface area contributed by atoms with Gasteiger partial charge in [0.05, 0.1) is 0 Å². The molecule has 35 heavy (non-hydrogen) atoms. The van der Waals surface area contributed by atoms with Gasteiger partial charge in [-0.05, 0) is 113 Å². The standard InChI is InChI=1S/C30H46N2O3/c1-18-24-10-11-26-23-9-8-21-16-22(32(5)28(34)27(20-6-7-20)35-19(2)33)12-14-29(21,3)25(23)13-15-30(24,26)17-31(18)4/h8,18,20,22-27H,6-7,9-17H2,1-5H3/t18-,22-,23+,24+,25-,26-,27?,29-,30?/m0/s1. The molecule has 5 fully saturated rings. The van der Waals surface area contributed by atoms with E-state index >= 15 is 0 Å². The van der Waals surface area contributed by atoms with Gasteiger partial charge in [-0.25, -0.2) is 0 Å². The second-order valence-corrected chi connectivity index (χ2v) is 13.6. The van der Waals surface area contributed by atoms with Crippen molar-refractivity contribution in [3.63, 3.8) is 0 Å². The van der Waals surface area contributed by atoms with Gasteiger partial charge in [0.1, 0.15) is 0 Å². The third-order valence-electron chi connectivity index (χ3n) is 12.2. The third-order valence-corrected chi connectivity index (χ3v) is 12.2. The maximum absolute atomic E-state index is 13.3. The number of allylic oxidation sites excluding steroid dienone is 1. The van der Waals surface area contributed by atoms with E-state index in [1.54, 1.807) is 5.57 Å². The molecule has 0 N–H and O–H groups in total. The molecule has 5 nitrogen and oxygen atoms in total. The molecule has 5 heteroatoms. The van der Waals surface area contributed by atoms with E-state index in [1.165, 1.54) is 52.0 Å². The monoisotopic (exact) mass is 482 g/mol. The Hall–Kier alpha value is -1.36. The molecule has 1 saturated heterocycles. The molecule has 0 radical (unpaired) electrons. The zero-order valence-electron chi connectivity index (χ0n) is 22.6. The van der Waals surface area contributed by atoms with E-state index in [0.717, 1.165) is 55.4 Å². The first-order chi connectivity index (χ1) is 16.7. The zero-order valence-corrected chi connectivity index (χ0v) is 22.6. The highest BCUT2D eigenvalue weighted by Gasteiger charge is 2.64. The van der Waals surface area contributed by atoms with Crippen LogP contribution in [0.3, 0.4) is 0 Å². The first-order valence-corrected chi connectivity index (χ1v) is 14.5. The zero-order chi connectivity index (χ0) is 24.7. The summed E-state index contributed by atoms with van der Waals surface area (Å²) >= 11 is 0. The van der Waals surface area contributed by atoms with Crippen LogP contribution in [0.25, 0.3) is 0 Å². The van der Waals surface area contributed by atoms with E-state index in [2.05, 4.69) is 31.9 Å². The molecule has 1 aliphatic heterocycles. The average molecular weight is 483 g/mol. The highest BCUT2D eigenvalue weighted by Crippen LogP contribution is 2.68. The van der Waals surface area contributed by atoms with Crippen LogP contribution in [0.15, 0.2) is 11.6 Å². The van der Waals surface area contributed by atoms with E-state index in [-0.39, 0.29) is 23.8 Å². The van der Waals surface area contributed by atoms with Crippen molar-refractivity contribution in [3.05, 3.63) is 11.6 Å². The number of carbonyl (C=O) groups is 2. The Labute approximate surface area is 212 Å². The van der Waals surface area contributed by atoms with Crippen LogP contribution in [-0.4, -0.2) is 60.5 Å². The number of likely N-dealkylation sites (tertiary alicyclic amines) is 1. The van der Waals surface area contributed by atoms with Crippen molar-refractivity contribution in [2.24, 2.45) is 40.4 Å². The molecule has 5 aliphatic carbocycles. The summed E-state index contributed by atoms with van der Waals surface area (Å²) in [7, 11) is 4.30. The molecule has 0 aromatic heterocycles. The lowest BCUT2D eigenvalue weighted by atomic mass is 9.47. The number of likely N-dealkylation sites (N-methyl/N-ethyl adjacent to an activating group) is 1. The summed E-state index contributed by atoms with van der Waals surface area (Å²) in [4.78, 5) is 29.6. The quantitative estimate of drug-likeness (QED) is 0.416. The lowest BCUT2D eigenvalue weighted by Gasteiger charge is -2.58. The van der Waals surface area contributed by atoms with Gasteiger partial charge in [0.2, 0.25) is 0 Å². The van der Waals surface area contributed by atoms with Crippen molar-refractivity contribution in [2.45, 2.75) is 103 Å². The number of nitrogens with zero attached hydrogens (tertiary/aromatic N) is 2. The lowest BCUT2D eigenvalue weighted by Crippen LogP contribution is -2.53. The van der Waals surface area contributed by atoms with E-state index in [9.17, 15) is 9.59 Å². The van der Waals surface area contributed by atoms with Gasteiger partial charge in [0.25, 0.3) is 5.91 Å². The van der Waals surface area contributed by atoms with E-state index in [1.807, 2.05) is 11.9 Å². The van der Waals surface area contributed by atoms with E-state index < -0.39 is 6.10 Å². The molecule has 1 amide bonds. The number of hydrogen-bond acceptors (Lipinski definition) is 4. The first-order valence-electron chi connectivity index (χ1n) is 14.5. The Morgan fingerprint density at radius 3 is 2.54 bits per heavy atom. The number of rotatable bonds is 4. The van der Waals surface area contributed by atoms with Crippen LogP contribution >= 0.6 is 0 Å². The summed E-state index contributed by atoms with van der Waals surface area (Å²) in [6, 6.07) is 0.974. The smallest absolute Gasteiger partial charge is 0.303 e. The number of hydrogen-bond donors (Lipinski definition) is 0. The second kappa shape index (κ2) is 8.33. The maximum Gasteiger partial charge on any atom is 0.303 e. The predicted octanol–water partition coefficient (Wildman–Crippen LogP) is 5.05. The normalized spacial score (nSPS) is 45.5. The topological polar surface area (TPSA) is 49.9 Å². The van der Waals surface area contributed by atoms with Crippen molar-refractivity contribution >= 4 is 11.9 Å². The van der Waals surface area contributed by atoms with Gasteiger partial charge in [0.15, 0.2) is 6.10 Å². The molecule has 0 bridgehead atoms. The van der Waals surface area contributed by atoms with Crippen LogP contribution in [0.1, 0.15) is 85.0 Å². The average Bonchev–Trinajstić information content (AvgIpc) is 3.55. The Balaban J connectivity index is 1.19. The summed E-state index contributed by atoms with van der Waals surface area (Å²) in [5.41, 5.74) is 2.49. The summed E-state index contributed by atoms with van der Waals surface area (Å²) in [6.07, 6.45) is 14.2. The molecule has 1 heterocycles. The molecule has 1 spiro atoms. The van der Waals surface area contributed by atoms with Gasteiger partial charge in [-0.1, -0.05) is 18.6 Å². The minimum absolute atomic E-state index is 0.0154. The van der Waals surface area contributed by atoms with Crippen molar-refractivity contribution in [1.82, 2.24) is 9.80 Å². The van der Waals surface area contributed by atoms with Crippen molar-refractivity contribution in [3.8, 4) is 0 Å². The molecule has 0 aromatic rings. The van der Waals surface area contributed by atoms with Crippen LogP contribution < -0.4 is 0 Å². The lowest BCUT2D eigenvalue weighted by molar-refractivity contribution is -0.161. The number of amides is 1. The molecular weight excluding hydrogens is 436 g/mol. The molecular formula is C30H46N2O3. The Morgan fingerprint density at radius 2 is 1.83 bits per heavy atom. The SMILES string of the molecule is CC(=O)OC(C(=O)N(C)[C@H]1CC[C@@]2(C)C(=CC[C@H]3[C@@H]4CC[C@@H]5[C@H](C)N(C)CC54CC[C@@H]32)C1)C1CC1. The fourth-order valence-corrected chi connectivity index (χ4v) is 10.1. The van der Waals surface area contributed by atoms with Crippen molar-refractivity contribution in [2.75, 3.05) is 20.6 Å². The van der Waals surface area contributed by atoms with Gasteiger partial charge in [-0.3, -0.25) is 9.59 Å². The Bertz CT molecular complexity index is 927. The highest BCUT2D eigenvalue weighted by atomic mass is 16.5. The maximum atomic E-state index is 13.3. The first kappa shape index (κ1) is 24.0. The van der Waals surface area contributed by atoms with Gasteiger partial charge < -0.3 is 14.5 Å². The van der Waals surface area contributed by atoms with E-state index in [4.69, 9.17) is 4.74 Å². The number of ether oxygens (including phenoxy) is 1. The predicted molar refractivity (Wildman–Crippen MR) is 136 cm³/mol. The largest absolute Gasteiger partial charge is 0.452 e. The summed E-state index contributed by atoms with van der Waals surface area (Å²) in [6.45, 7) is 7.78. The summed E-state index contributed by atoms with van der Waals surface area (Å²) in [5, 5.41) is 0. The minimum Gasteiger partial charge on any atom is -0.452 e. The van der Waals surface area contributed by atoms with Crippen LogP contribution in [0.2, 0.25) is 0 Å². The van der Waals surface area contributed by atoms with Gasteiger partial charge in [-0.2, -0.15) is 0 Å². The highest BCUT2D eigenvalue weighted by molar-refractivity contribution is 5.84. The van der Waals surface area contributed by atoms with Crippen LogP contribution in [0.4, 0.5) is 0 Å². The van der Waals surface area contributed by atoms with Crippen molar-refractivity contribution in [1.29, 1.82) is 0 Å². The molecule has 6 rings (SSSR count).